The third-order valence-corrected chi connectivity index (χ3v) is 4.48. The fraction of sp³-hybridized carbons (Fsp3) is 0.750. The molecule has 1 heterocycles. The highest BCUT2D eigenvalue weighted by atomic mass is 28.3. The summed E-state index contributed by atoms with van der Waals surface area (Å²) >= 11 is 0. The van der Waals surface area contributed by atoms with Crippen LogP contribution in [0.2, 0.25) is 39.3 Å². The second kappa shape index (κ2) is 5.91. The van der Waals surface area contributed by atoms with Gasteiger partial charge in [0.25, 0.3) is 0 Å². The Morgan fingerprint density at radius 3 is 1.71 bits per heavy atom. The molecule has 0 bridgehead atoms. The minimum absolute atomic E-state index is 0.310. The fourth-order valence-electron chi connectivity index (χ4n) is 1.65. The van der Waals surface area contributed by atoms with Crippen LogP contribution in [0.4, 0.5) is 0 Å². The van der Waals surface area contributed by atoms with Crippen molar-refractivity contribution in [3.63, 3.8) is 0 Å². The van der Waals surface area contributed by atoms with Gasteiger partial charge in [-0.25, -0.2) is 0 Å². The lowest BCUT2D eigenvalue weighted by Gasteiger charge is -2.25. The maximum Gasteiger partial charge on any atom is 0.215 e. The number of aliphatic hydroxyl groups is 1. The van der Waals surface area contributed by atoms with Crippen LogP contribution in [0.25, 0.3) is 0 Å². The number of ether oxygens (including phenoxy) is 2. The van der Waals surface area contributed by atoms with E-state index in [9.17, 15) is 5.11 Å². The van der Waals surface area contributed by atoms with Gasteiger partial charge >= 0.3 is 0 Å². The molecule has 118 valence electrons. The van der Waals surface area contributed by atoms with Gasteiger partial charge in [0, 0.05) is 0 Å². The summed E-state index contributed by atoms with van der Waals surface area (Å²) in [6, 6.07) is 0. The second-order valence-electron chi connectivity index (χ2n) is 8.08. The molecule has 0 radical (unpaired) electrons. The summed E-state index contributed by atoms with van der Waals surface area (Å²) in [6.45, 7) is 16.8. The van der Waals surface area contributed by atoms with Crippen LogP contribution in [-0.4, -0.2) is 45.4 Å². The molecule has 0 saturated carbocycles. The average molecular weight is 325 g/mol. The van der Waals surface area contributed by atoms with Crippen molar-refractivity contribution in [3.8, 4) is 22.9 Å². The zero-order valence-corrected chi connectivity index (χ0v) is 16.5. The molecule has 1 fully saturated rings. The lowest BCUT2D eigenvalue weighted by atomic mass is 9.99. The van der Waals surface area contributed by atoms with Gasteiger partial charge in [-0.2, -0.15) is 0 Å². The van der Waals surface area contributed by atoms with E-state index in [0.29, 0.717) is 6.61 Å². The molecule has 1 N–H and O–H groups in total. The third-order valence-electron chi connectivity index (χ3n) is 2.73. The molecule has 0 aromatic heterocycles. The molecular formula is C16H28O3Si2. The van der Waals surface area contributed by atoms with Crippen molar-refractivity contribution in [3.05, 3.63) is 0 Å². The lowest BCUT2D eigenvalue weighted by molar-refractivity contribution is -0.153. The van der Waals surface area contributed by atoms with E-state index < -0.39 is 33.6 Å². The van der Waals surface area contributed by atoms with Gasteiger partial charge in [-0.15, -0.1) is 11.1 Å². The molecule has 0 aromatic rings. The maximum atomic E-state index is 11.0. The third kappa shape index (κ3) is 6.38. The van der Waals surface area contributed by atoms with Crippen LogP contribution >= 0.6 is 0 Å². The van der Waals surface area contributed by atoms with E-state index >= 15 is 0 Å². The van der Waals surface area contributed by atoms with Crippen molar-refractivity contribution in [1.82, 2.24) is 0 Å². The van der Waals surface area contributed by atoms with E-state index in [0.717, 1.165) is 0 Å². The van der Waals surface area contributed by atoms with Crippen molar-refractivity contribution in [2.45, 2.75) is 70.6 Å². The van der Waals surface area contributed by atoms with Crippen molar-refractivity contribution >= 4 is 16.1 Å². The van der Waals surface area contributed by atoms with Crippen LogP contribution in [-0.2, 0) is 9.47 Å². The average Bonchev–Trinajstić information content (AvgIpc) is 2.63. The molecule has 0 amide bonds. The van der Waals surface area contributed by atoms with Crippen LogP contribution < -0.4 is 0 Å². The smallest absolute Gasteiger partial charge is 0.215 e. The van der Waals surface area contributed by atoms with Crippen LogP contribution in [0, 0.1) is 22.9 Å². The highest BCUT2D eigenvalue weighted by molar-refractivity contribution is 6.84. The summed E-state index contributed by atoms with van der Waals surface area (Å²) in [5.74, 6) is 5.30. The SMILES string of the molecule is CC1(C)OC[C@@H](C(O)(C#C[Si](C)(C)C)C#C[Si](C)(C)C)O1. The molecule has 1 atom stereocenters. The quantitative estimate of drug-likeness (QED) is 0.595. The molecule has 21 heavy (non-hydrogen) atoms. The number of hydrogen-bond donors (Lipinski definition) is 1. The zero-order chi connectivity index (χ0) is 16.5. The van der Waals surface area contributed by atoms with Gasteiger partial charge in [0.05, 0.1) is 6.61 Å². The summed E-state index contributed by atoms with van der Waals surface area (Å²) in [5, 5.41) is 11.0. The van der Waals surface area contributed by atoms with E-state index in [1.54, 1.807) is 0 Å². The van der Waals surface area contributed by atoms with E-state index in [1.165, 1.54) is 0 Å². The Morgan fingerprint density at radius 1 is 1.00 bits per heavy atom. The Kier molecular flexibility index (Phi) is 5.20. The zero-order valence-electron chi connectivity index (χ0n) is 14.5. The topological polar surface area (TPSA) is 38.7 Å². The summed E-state index contributed by atoms with van der Waals surface area (Å²) < 4.78 is 11.4. The summed E-state index contributed by atoms with van der Waals surface area (Å²) in [5.41, 5.74) is 4.99. The fourth-order valence-corrected chi connectivity index (χ4v) is 2.78. The van der Waals surface area contributed by atoms with Crippen LogP contribution in [0.1, 0.15) is 13.8 Å². The first-order valence-corrected chi connectivity index (χ1v) is 14.4. The highest BCUT2D eigenvalue weighted by Crippen LogP contribution is 2.29. The minimum Gasteiger partial charge on any atom is -0.365 e. The van der Waals surface area contributed by atoms with Gasteiger partial charge in [-0.05, 0) is 13.8 Å². The van der Waals surface area contributed by atoms with Gasteiger partial charge in [0.2, 0.25) is 5.60 Å². The summed E-state index contributed by atoms with van der Waals surface area (Å²) in [7, 11) is -3.21. The Balaban J connectivity index is 3.16. The van der Waals surface area contributed by atoms with Crippen molar-refractivity contribution in [2.24, 2.45) is 0 Å². The molecule has 1 saturated heterocycles. The molecular weight excluding hydrogens is 296 g/mol. The maximum absolute atomic E-state index is 11.0. The number of hydrogen-bond acceptors (Lipinski definition) is 3. The highest BCUT2D eigenvalue weighted by Gasteiger charge is 2.45. The number of rotatable bonds is 1. The normalized spacial score (nSPS) is 22.0. The van der Waals surface area contributed by atoms with Crippen molar-refractivity contribution in [2.75, 3.05) is 6.61 Å². The lowest BCUT2D eigenvalue weighted by Crippen LogP contribution is -2.43. The van der Waals surface area contributed by atoms with E-state index in [4.69, 9.17) is 9.47 Å². The van der Waals surface area contributed by atoms with Crippen molar-refractivity contribution in [1.29, 1.82) is 0 Å². The van der Waals surface area contributed by atoms with Gasteiger partial charge in [-0.1, -0.05) is 51.1 Å². The van der Waals surface area contributed by atoms with Gasteiger partial charge < -0.3 is 14.6 Å². The molecule has 0 spiro atoms. The Labute approximate surface area is 131 Å². The molecule has 1 aliphatic heterocycles. The predicted molar refractivity (Wildman–Crippen MR) is 92.1 cm³/mol. The first-order chi connectivity index (χ1) is 9.23. The van der Waals surface area contributed by atoms with Gasteiger partial charge in [-0.3, -0.25) is 0 Å². The first-order valence-electron chi connectivity index (χ1n) is 7.35. The molecule has 5 heteroatoms. The van der Waals surface area contributed by atoms with Crippen LogP contribution in [0.5, 0.6) is 0 Å². The molecule has 0 unspecified atom stereocenters. The van der Waals surface area contributed by atoms with E-state index in [1.807, 2.05) is 13.8 Å². The minimum atomic E-state index is -1.60. The summed E-state index contributed by atoms with van der Waals surface area (Å²) in [6.07, 6.45) is -0.528. The Morgan fingerprint density at radius 2 is 1.43 bits per heavy atom. The predicted octanol–water partition coefficient (Wildman–Crippen LogP) is 2.63. The van der Waals surface area contributed by atoms with E-state index in [2.05, 4.69) is 62.2 Å². The standard InChI is InChI=1S/C16H28O3Si2/c1-15(2)18-13-14(19-15)16(17,9-11-20(3,4)5)10-12-21(6,7)8/h14,17H,13H2,1-8H3/t14-/m0/s1. The van der Waals surface area contributed by atoms with Crippen LogP contribution in [0.15, 0.2) is 0 Å². The van der Waals surface area contributed by atoms with Gasteiger partial charge in [0.1, 0.15) is 22.3 Å². The van der Waals surface area contributed by atoms with E-state index in [-0.39, 0.29) is 0 Å². The Bertz CT molecular complexity index is 472. The monoisotopic (exact) mass is 324 g/mol. The van der Waals surface area contributed by atoms with Gasteiger partial charge in [0.15, 0.2) is 5.79 Å². The molecule has 0 aliphatic carbocycles. The summed E-state index contributed by atoms with van der Waals surface area (Å²) in [4.78, 5) is 0. The Hall–Kier alpha value is -0.566. The first kappa shape index (κ1) is 18.5. The largest absolute Gasteiger partial charge is 0.365 e. The van der Waals surface area contributed by atoms with Crippen LogP contribution in [0.3, 0.4) is 0 Å². The molecule has 1 rings (SSSR count). The van der Waals surface area contributed by atoms with Crippen molar-refractivity contribution < 1.29 is 14.6 Å². The molecule has 3 nitrogen and oxygen atoms in total. The molecule has 1 aliphatic rings. The second-order valence-corrected chi connectivity index (χ2v) is 17.6. The molecule has 0 aromatic carbocycles.